The third kappa shape index (κ3) is 3.01. The molecular formula is C17H18N4O2. The van der Waals surface area contributed by atoms with Gasteiger partial charge in [0.2, 0.25) is 0 Å². The summed E-state index contributed by atoms with van der Waals surface area (Å²) in [5.74, 6) is 0.423. The zero-order chi connectivity index (χ0) is 16.4. The first-order chi connectivity index (χ1) is 11.1. The Morgan fingerprint density at radius 3 is 2.74 bits per heavy atom. The highest BCUT2D eigenvalue weighted by Gasteiger charge is 2.17. The number of hydrogen-bond donors (Lipinski definition) is 1. The van der Waals surface area contributed by atoms with Crippen LogP contribution in [0, 0.1) is 20.8 Å². The Hall–Kier alpha value is -2.89. The summed E-state index contributed by atoms with van der Waals surface area (Å²) in [5, 5.41) is 10.9. The maximum atomic E-state index is 12.3. The first-order valence-electron chi connectivity index (χ1n) is 7.37. The van der Waals surface area contributed by atoms with Crippen LogP contribution in [0.15, 0.2) is 41.0 Å². The number of aromatic nitrogens is 3. The molecule has 2 heterocycles. The summed E-state index contributed by atoms with van der Waals surface area (Å²) in [4.78, 5) is 12.3. The number of benzene rings is 1. The van der Waals surface area contributed by atoms with Crippen molar-refractivity contribution in [1.29, 1.82) is 0 Å². The van der Waals surface area contributed by atoms with E-state index < -0.39 is 0 Å². The zero-order valence-corrected chi connectivity index (χ0v) is 13.3. The van der Waals surface area contributed by atoms with Gasteiger partial charge in [0.25, 0.3) is 5.91 Å². The lowest BCUT2D eigenvalue weighted by atomic mass is 10.1. The molecule has 0 fully saturated rings. The van der Waals surface area contributed by atoms with Crippen LogP contribution in [-0.2, 0) is 6.54 Å². The van der Waals surface area contributed by atoms with Crippen molar-refractivity contribution in [2.24, 2.45) is 0 Å². The number of amides is 1. The van der Waals surface area contributed by atoms with Gasteiger partial charge in [0, 0.05) is 0 Å². The number of carbonyl (C=O) groups is 1. The molecule has 6 heteroatoms. The first kappa shape index (κ1) is 15.0. The molecule has 0 aliphatic heterocycles. The quantitative estimate of drug-likeness (QED) is 0.804. The van der Waals surface area contributed by atoms with E-state index in [2.05, 4.69) is 22.6 Å². The molecule has 1 amide bonds. The second-order valence-corrected chi connectivity index (χ2v) is 5.47. The normalized spacial score (nSPS) is 10.7. The van der Waals surface area contributed by atoms with E-state index in [1.54, 1.807) is 23.1 Å². The molecule has 3 rings (SSSR count). The van der Waals surface area contributed by atoms with Gasteiger partial charge in [-0.25, -0.2) is 4.68 Å². The van der Waals surface area contributed by atoms with E-state index in [0.717, 1.165) is 5.69 Å². The summed E-state index contributed by atoms with van der Waals surface area (Å²) in [6.45, 7) is 6.25. The summed E-state index contributed by atoms with van der Waals surface area (Å²) in [6.07, 6.45) is 1.57. The van der Waals surface area contributed by atoms with Gasteiger partial charge in [-0.3, -0.25) is 4.79 Å². The van der Waals surface area contributed by atoms with E-state index in [9.17, 15) is 4.79 Å². The van der Waals surface area contributed by atoms with Gasteiger partial charge in [0.15, 0.2) is 5.69 Å². The third-order valence-corrected chi connectivity index (χ3v) is 3.85. The predicted octanol–water partition coefficient (Wildman–Crippen LogP) is 2.72. The van der Waals surface area contributed by atoms with Crippen molar-refractivity contribution in [1.82, 2.24) is 20.3 Å². The minimum absolute atomic E-state index is 0.269. The van der Waals surface area contributed by atoms with E-state index in [-0.39, 0.29) is 5.91 Å². The SMILES string of the molecule is Cc1ccc(-n2nnc(C(=O)NCc3ccco3)c2C)cc1C. The fourth-order valence-electron chi connectivity index (χ4n) is 2.31. The van der Waals surface area contributed by atoms with Crippen molar-refractivity contribution in [3.05, 3.63) is 64.9 Å². The zero-order valence-electron chi connectivity index (χ0n) is 13.3. The monoisotopic (exact) mass is 310 g/mol. The fraction of sp³-hybridized carbons (Fsp3) is 0.235. The van der Waals surface area contributed by atoms with Gasteiger partial charge in [-0.05, 0) is 56.2 Å². The first-order valence-corrected chi connectivity index (χ1v) is 7.37. The summed E-state index contributed by atoms with van der Waals surface area (Å²) in [6, 6.07) is 9.61. The highest BCUT2D eigenvalue weighted by molar-refractivity contribution is 5.93. The van der Waals surface area contributed by atoms with Crippen molar-refractivity contribution < 1.29 is 9.21 Å². The van der Waals surface area contributed by atoms with E-state index in [1.165, 1.54) is 11.1 Å². The molecule has 3 aromatic rings. The van der Waals surface area contributed by atoms with E-state index in [4.69, 9.17) is 4.42 Å². The Labute approximate surface area is 134 Å². The summed E-state index contributed by atoms with van der Waals surface area (Å²) in [7, 11) is 0. The highest BCUT2D eigenvalue weighted by Crippen LogP contribution is 2.16. The van der Waals surface area contributed by atoms with Crippen LogP contribution in [0.25, 0.3) is 5.69 Å². The van der Waals surface area contributed by atoms with Crippen molar-refractivity contribution >= 4 is 5.91 Å². The minimum atomic E-state index is -0.269. The maximum absolute atomic E-state index is 12.3. The van der Waals surface area contributed by atoms with Gasteiger partial charge < -0.3 is 9.73 Å². The van der Waals surface area contributed by atoms with Crippen LogP contribution in [0.4, 0.5) is 0 Å². The molecular weight excluding hydrogens is 292 g/mol. The van der Waals surface area contributed by atoms with Crippen molar-refractivity contribution in [3.8, 4) is 5.69 Å². The number of nitrogens with one attached hydrogen (secondary N) is 1. The molecule has 118 valence electrons. The number of carbonyl (C=O) groups excluding carboxylic acids is 1. The Balaban J connectivity index is 1.80. The van der Waals surface area contributed by atoms with Crippen LogP contribution in [0.5, 0.6) is 0 Å². The molecule has 0 atom stereocenters. The van der Waals surface area contributed by atoms with E-state index in [1.807, 2.05) is 32.0 Å². The molecule has 6 nitrogen and oxygen atoms in total. The third-order valence-electron chi connectivity index (χ3n) is 3.85. The Kier molecular flexibility index (Phi) is 3.97. The molecule has 0 aliphatic rings. The van der Waals surface area contributed by atoms with Crippen LogP contribution in [-0.4, -0.2) is 20.9 Å². The van der Waals surface area contributed by atoms with E-state index in [0.29, 0.717) is 23.7 Å². The van der Waals surface area contributed by atoms with Gasteiger partial charge in [-0.15, -0.1) is 5.10 Å². The average molecular weight is 310 g/mol. The molecule has 0 bridgehead atoms. The molecule has 2 aromatic heterocycles. The van der Waals surface area contributed by atoms with Gasteiger partial charge in [0.1, 0.15) is 5.76 Å². The predicted molar refractivity (Wildman–Crippen MR) is 85.4 cm³/mol. The van der Waals surface area contributed by atoms with Crippen LogP contribution in [0.1, 0.15) is 33.1 Å². The molecule has 0 aliphatic carbocycles. The molecule has 0 spiro atoms. The lowest BCUT2D eigenvalue weighted by Gasteiger charge is -2.07. The molecule has 23 heavy (non-hydrogen) atoms. The van der Waals surface area contributed by atoms with Gasteiger partial charge >= 0.3 is 0 Å². The van der Waals surface area contributed by atoms with Gasteiger partial charge in [-0.2, -0.15) is 0 Å². The number of aryl methyl sites for hydroxylation is 2. The van der Waals surface area contributed by atoms with Crippen molar-refractivity contribution in [3.63, 3.8) is 0 Å². The molecule has 0 saturated carbocycles. The highest BCUT2D eigenvalue weighted by atomic mass is 16.3. The lowest BCUT2D eigenvalue weighted by molar-refractivity contribution is 0.0942. The van der Waals surface area contributed by atoms with E-state index >= 15 is 0 Å². The molecule has 1 aromatic carbocycles. The van der Waals surface area contributed by atoms with Crippen LogP contribution in [0.3, 0.4) is 0 Å². The molecule has 1 N–H and O–H groups in total. The molecule has 0 saturated heterocycles. The van der Waals surface area contributed by atoms with Crippen molar-refractivity contribution in [2.75, 3.05) is 0 Å². The topological polar surface area (TPSA) is 73.0 Å². The number of rotatable bonds is 4. The summed E-state index contributed by atoms with van der Waals surface area (Å²) < 4.78 is 6.87. The molecule has 0 radical (unpaired) electrons. The maximum Gasteiger partial charge on any atom is 0.274 e. The Bertz CT molecular complexity index is 834. The number of hydrogen-bond acceptors (Lipinski definition) is 4. The molecule has 0 unspecified atom stereocenters. The van der Waals surface area contributed by atoms with Crippen molar-refractivity contribution in [2.45, 2.75) is 27.3 Å². The fourth-order valence-corrected chi connectivity index (χ4v) is 2.31. The smallest absolute Gasteiger partial charge is 0.274 e. The largest absolute Gasteiger partial charge is 0.467 e. The van der Waals surface area contributed by atoms with Crippen LogP contribution < -0.4 is 5.32 Å². The number of nitrogens with zero attached hydrogens (tertiary/aromatic N) is 3. The lowest BCUT2D eigenvalue weighted by Crippen LogP contribution is -2.23. The summed E-state index contributed by atoms with van der Waals surface area (Å²) >= 11 is 0. The van der Waals surface area contributed by atoms with Crippen LogP contribution >= 0.6 is 0 Å². The van der Waals surface area contributed by atoms with Crippen LogP contribution in [0.2, 0.25) is 0 Å². The average Bonchev–Trinajstić information content (AvgIpc) is 3.17. The number of furan rings is 1. The Morgan fingerprint density at radius 1 is 1.22 bits per heavy atom. The minimum Gasteiger partial charge on any atom is -0.467 e. The second-order valence-electron chi connectivity index (χ2n) is 5.47. The standard InChI is InChI=1S/C17H18N4O2/c1-11-6-7-14(9-12(11)2)21-13(3)16(19-20-21)17(22)18-10-15-5-4-8-23-15/h4-9H,10H2,1-3H3,(H,18,22). The Morgan fingerprint density at radius 2 is 2.04 bits per heavy atom. The van der Waals surface area contributed by atoms with Gasteiger partial charge in [0.05, 0.1) is 24.2 Å². The van der Waals surface area contributed by atoms with Gasteiger partial charge in [-0.1, -0.05) is 11.3 Å². The second kappa shape index (κ2) is 6.08. The summed E-state index contributed by atoms with van der Waals surface area (Å²) in [5.41, 5.74) is 4.28.